The molecule has 104 valence electrons. The van der Waals surface area contributed by atoms with Crippen LogP contribution in [0.2, 0.25) is 0 Å². The summed E-state index contributed by atoms with van der Waals surface area (Å²) in [6, 6.07) is 2.39. The number of hydrogen-bond acceptors (Lipinski definition) is 5. The molecule has 2 aliphatic rings. The fourth-order valence-corrected chi connectivity index (χ4v) is 3.24. The van der Waals surface area contributed by atoms with Crippen LogP contribution in [0.25, 0.3) is 0 Å². The fourth-order valence-electron chi connectivity index (χ4n) is 3.24. The molecule has 1 aliphatic heterocycles. The number of rotatable bonds is 2. The van der Waals surface area contributed by atoms with Crippen molar-refractivity contribution in [2.75, 3.05) is 23.7 Å². The van der Waals surface area contributed by atoms with Crippen molar-refractivity contribution in [1.82, 2.24) is 9.97 Å². The maximum atomic E-state index is 5.97. The van der Waals surface area contributed by atoms with Crippen molar-refractivity contribution in [1.29, 1.82) is 0 Å². The van der Waals surface area contributed by atoms with Crippen LogP contribution >= 0.6 is 0 Å². The van der Waals surface area contributed by atoms with Crippen molar-refractivity contribution in [3.05, 3.63) is 11.8 Å². The lowest BCUT2D eigenvalue weighted by Crippen LogP contribution is -2.27. The van der Waals surface area contributed by atoms with E-state index in [0.717, 1.165) is 31.0 Å². The van der Waals surface area contributed by atoms with E-state index >= 15 is 0 Å². The molecule has 1 aromatic rings. The van der Waals surface area contributed by atoms with E-state index < -0.39 is 0 Å². The normalized spacial score (nSPS) is 24.9. The number of nitrogens with two attached hydrogens (primary N) is 2. The van der Waals surface area contributed by atoms with Gasteiger partial charge in [-0.25, -0.2) is 4.98 Å². The highest BCUT2D eigenvalue weighted by atomic mass is 15.2. The summed E-state index contributed by atoms with van der Waals surface area (Å²) >= 11 is 0. The summed E-state index contributed by atoms with van der Waals surface area (Å²) in [5.41, 5.74) is 13.0. The Labute approximate surface area is 114 Å². The second kappa shape index (κ2) is 5.33. The molecule has 4 N–H and O–H groups in total. The third-order valence-corrected chi connectivity index (χ3v) is 4.32. The lowest BCUT2D eigenvalue weighted by atomic mass is 9.87. The van der Waals surface area contributed by atoms with Gasteiger partial charge in [-0.1, -0.05) is 19.3 Å². The highest BCUT2D eigenvalue weighted by Crippen LogP contribution is 2.33. The van der Waals surface area contributed by atoms with Gasteiger partial charge in [-0.05, 0) is 19.3 Å². The van der Waals surface area contributed by atoms with Gasteiger partial charge in [0, 0.05) is 31.1 Å². The Hall–Kier alpha value is -1.36. The Bertz CT molecular complexity index is 418. The second-order valence-corrected chi connectivity index (χ2v) is 5.84. The van der Waals surface area contributed by atoms with Crippen molar-refractivity contribution in [2.45, 2.75) is 50.5 Å². The van der Waals surface area contributed by atoms with Gasteiger partial charge in [0.1, 0.15) is 5.82 Å². The predicted octanol–water partition coefficient (Wildman–Crippen LogP) is 1.64. The van der Waals surface area contributed by atoms with E-state index in [9.17, 15) is 0 Å². The first-order valence-corrected chi connectivity index (χ1v) is 7.37. The average Bonchev–Trinajstić information content (AvgIpc) is 2.86. The molecule has 0 amide bonds. The molecule has 5 heteroatoms. The molecule has 2 heterocycles. The fraction of sp³-hybridized carbons (Fsp3) is 0.714. The Kier molecular flexibility index (Phi) is 3.55. The second-order valence-electron chi connectivity index (χ2n) is 5.84. The molecule has 1 saturated carbocycles. The van der Waals surface area contributed by atoms with Crippen LogP contribution < -0.4 is 16.4 Å². The van der Waals surface area contributed by atoms with Gasteiger partial charge >= 0.3 is 0 Å². The van der Waals surface area contributed by atoms with Gasteiger partial charge in [-0.15, -0.1) is 0 Å². The Morgan fingerprint density at radius 3 is 2.58 bits per heavy atom. The monoisotopic (exact) mass is 261 g/mol. The molecule has 19 heavy (non-hydrogen) atoms. The first kappa shape index (κ1) is 12.7. The largest absolute Gasteiger partial charge is 0.368 e. The Morgan fingerprint density at radius 2 is 1.89 bits per heavy atom. The highest BCUT2D eigenvalue weighted by molar-refractivity contribution is 5.45. The molecule has 0 bridgehead atoms. The smallest absolute Gasteiger partial charge is 0.222 e. The highest BCUT2D eigenvalue weighted by Gasteiger charge is 2.23. The molecule has 3 rings (SSSR count). The van der Waals surface area contributed by atoms with Crippen molar-refractivity contribution >= 4 is 11.8 Å². The summed E-state index contributed by atoms with van der Waals surface area (Å²) in [6.07, 6.45) is 7.45. The minimum Gasteiger partial charge on any atom is -0.368 e. The standard InChI is InChI=1S/C14H23N5/c15-11-6-7-19(9-11)13-8-12(17-14(16)18-13)10-4-2-1-3-5-10/h8,10-11H,1-7,9,15H2,(H2,16,17,18)/t11-/m0/s1. The molecule has 0 spiro atoms. The third-order valence-electron chi connectivity index (χ3n) is 4.32. The van der Waals surface area contributed by atoms with Gasteiger partial charge < -0.3 is 16.4 Å². The van der Waals surface area contributed by atoms with E-state index in [0.29, 0.717) is 11.9 Å². The van der Waals surface area contributed by atoms with E-state index in [-0.39, 0.29) is 6.04 Å². The minimum absolute atomic E-state index is 0.259. The summed E-state index contributed by atoms with van der Waals surface area (Å²) in [5, 5.41) is 0. The Morgan fingerprint density at radius 1 is 1.11 bits per heavy atom. The van der Waals surface area contributed by atoms with E-state index in [4.69, 9.17) is 11.5 Å². The number of hydrogen-bond donors (Lipinski definition) is 2. The third kappa shape index (κ3) is 2.81. The first-order valence-electron chi connectivity index (χ1n) is 7.37. The zero-order chi connectivity index (χ0) is 13.2. The zero-order valence-corrected chi connectivity index (χ0v) is 11.4. The van der Waals surface area contributed by atoms with Gasteiger partial charge in [-0.3, -0.25) is 0 Å². The summed E-state index contributed by atoms with van der Waals surface area (Å²) in [6.45, 7) is 1.85. The van der Waals surface area contributed by atoms with Crippen molar-refractivity contribution in [3.8, 4) is 0 Å². The van der Waals surface area contributed by atoms with E-state index in [1.165, 1.54) is 32.1 Å². The first-order chi connectivity index (χ1) is 9.22. The van der Waals surface area contributed by atoms with Crippen LogP contribution in [0.5, 0.6) is 0 Å². The van der Waals surface area contributed by atoms with Gasteiger partial charge in [0.05, 0.1) is 5.69 Å². The molecule has 1 atom stereocenters. The molecular weight excluding hydrogens is 238 g/mol. The SMILES string of the molecule is Nc1nc(C2CCCCC2)cc(N2CC[C@H](N)C2)n1. The lowest BCUT2D eigenvalue weighted by Gasteiger charge is -2.23. The van der Waals surface area contributed by atoms with E-state index in [1.54, 1.807) is 0 Å². The maximum Gasteiger partial charge on any atom is 0.222 e. The predicted molar refractivity (Wildman–Crippen MR) is 77.1 cm³/mol. The van der Waals surface area contributed by atoms with E-state index in [1.807, 2.05) is 0 Å². The van der Waals surface area contributed by atoms with Gasteiger partial charge in [-0.2, -0.15) is 4.98 Å². The van der Waals surface area contributed by atoms with Crippen molar-refractivity contribution in [2.24, 2.45) is 5.73 Å². The van der Waals surface area contributed by atoms with Gasteiger partial charge in [0.2, 0.25) is 5.95 Å². The topological polar surface area (TPSA) is 81.1 Å². The number of anilines is 2. The van der Waals surface area contributed by atoms with Gasteiger partial charge in [0.15, 0.2) is 0 Å². The summed E-state index contributed by atoms with van der Waals surface area (Å²) < 4.78 is 0. The molecule has 5 nitrogen and oxygen atoms in total. The summed E-state index contributed by atoms with van der Waals surface area (Å²) in [4.78, 5) is 11.1. The van der Waals surface area contributed by atoms with Crippen LogP contribution in [0.3, 0.4) is 0 Å². The molecule has 0 unspecified atom stereocenters. The van der Waals surface area contributed by atoms with Crippen molar-refractivity contribution < 1.29 is 0 Å². The Balaban J connectivity index is 1.83. The lowest BCUT2D eigenvalue weighted by molar-refractivity contribution is 0.436. The minimum atomic E-state index is 0.259. The number of nitrogen functional groups attached to an aromatic ring is 1. The van der Waals surface area contributed by atoms with Gasteiger partial charge in [0.25, 0.3) is 0 Å². The summed E-state index contributed by atoms with van der Waals surface area (Å²) in [5.74, 6) is 1.92. The van der Waals surface area contributed by atoms with Crippen LogP contribution in [-0.4, -0.2) is 29.1 Å². The quantitative estimate of drug-likeness (QED) is 0.846. The van der Waals surface area contributed by atoms with Crippen molar-refractivity contribution in [3.63, 3.8) is 0 Å². The molecule has 0 aromatic carbocycles. The molecule has 0 radical (unpaired) electrons. The molecule has 1 aliphatic carbocycles. The average molecular weight is 261 g/mol. The van der Waals surface area contributed by atoms with E-state index in [2.05, 4.69) is 20.9 Å². The van der Waals surface area contributed by atoms with Crippen LogP contribution in [0, 0.1) is 0 Å². The number of aromatic nitrogens is 2. The van der Waals surface area contributed by atoms with Crippen LogP contribution in [0.4, 0.5) is 11.8 Å². The summed E-state index contributed by atoms with van der Waals surface area (Å²) in [7, 11) is 0. The van der Waals surface area contributed by atoms with Crippen LogP contribution in [-0.2, 0) is 0 Å². The molecular formula is C14H23N5. The molecule has 2 fully saturated rings. The number of nitrogens with zero attached hydrogens (tertiary/aromatic N) is 3. The van der Waals surface area contributed by atoms with Crippen LogP contribution in [0.1, 0.15) is 50.1 Å². The maximum absolute atomic E-state index is 5.97. The molecule has 1 aromatic heterocycles. The molecule has 1 saturated heterocycles. The van der Waals surface area contributed by atoms with Crippen LogP contribution in [0.15, 0.2) is 6.07 Å². The zero-order valence-electron chi connectivity index (χ0n) is 11.4.